The highest BCUT2D eigenvalue weighted by Gasteiger charge is 2.39. The quantitative estimate of drug-likeness (QED) is 0.908. The van der Waals surface area contributed by atoms with E-state index in [-0.39, 0.29) is 12.2 Å². The third-order valence-corrected chi connectivity index (χ3v) is 3.98. The lowest BCUT2D eigenvalue weighted by Crippen LogP contribution is -2.36. The number of ether oxygens (including phenoxy) is 1. The summed E-state index contributed by atoms with van der Waals surface area (Å²) in [6.45, 7) is 6.86. The molecule has 0 atom stereocenters. The van der Waals surface area contributed by atoms with Gasteiger partial charge in [-0.15, -0.1) is 0 Å². The van der Waals surface area contributed by atoms with Gasteiger partial charge in [-0.05, 0) is 51.5 Å². The third kappa shape index (κ3) is 3.12. The molecule has 1 heterocycles. The van der Waals surface area contributed by atoms with Crippen molar-refractivity contribution in [3.05, 3.63) is 23.3 Å². The zero-order chi connectivity index (χ0) is 13.9. The maximum Gasteiger partial charge on any atom is 0.160 e. The molecule has 106 valence electrons. The van der Waals surface area contributed by atoms with Crippen molar-refractivity contribution in [3.63, 3.8) is 0 Å². The minimum absolute atomic E-state index is 0.0467. The van der Waals surface area contributed by atoms with E-state index >= 15 is 0 Å². The summed E-state index contributed by atoms with van der Waals surface area (Å²) in [7, 11) is 0. The van der Waals surface area contributed by atoms with Gasteiger partial charge in [-0.1, -0.05) is 6.92 Å². The van der Waals surface area contributed by atoms with Crippen LogP contribution in [0.25, 0.3) is 0 Å². The molecule has 1 aliphatic carbocycles. The van der Waals surface area contributed by atoms with Gasteiger partial charge in [-0.3, -0.25) is 0 Å². The van der Waals surface area contributed by atoms with Crippen LogP contribution in [0.15, 0.2) is 6.07 Å². The maximum atomic E-state index is 9.31. The minimum atomic E-state index is -0.350. The van der Waals surface area contributed by atoms with Gasteiger partial charge in [-0.25, -0.2) is 9.97 Å². The molecular formula is C15H24N2O2. The number of aryl methyl sites for hydroxylation is 1. The number of rotatable bonds is 4. The Morgan fingerprint density at radius 1 is 1.37 bits per heavy atom. The SMILES string of the molecule is CCOC1(c2nc(C)cc(CO)n2)CCC(C)CC1. The average Bonchev–Trinajstić information content (AvgIpc) is 2.41. The Labute approximate surface area is 115 Å². The highest BCUT2D eigenvalue weighted by molar-refractivity contribution is 5.14. The summed E-state index contributed by atoms with van der Waals surface area (Å²) in [5.41, 5.74) is 1.23. The van der Waals surface area contributed by atoms with Crippen molar-refractivity contribution in [1.82, 2.24) is 9.97 Å². The third-order valence-electron chi connectivity index (χ3n) is 3.98. The first-order chi connectivity index (χ1) is 9.09. The van der Waals surface area contributed by atoms with Gasteiger partial charge in [0.2, 0.25) is 0 Å². The van der Waals surface area contributed by atoms with E-state index in [0.717, 1.165) is 43.1 Å². The van der Waals surface area contributed by atoms with Crippen LogP contribution in [0.2, 0.25) is 0 Å². The number of nitrogens with zero attached hydrogens (tertiary/aromatic N) is 2. The summed E-state index contributed by atoms with van der Waals surface area (Å²) in [6, 6.07) is 1.83. The molecule has 0 spiro atoms. The molecule has 19 heavy (non-hydrogen) atoms. The smallest absolute Gasteiger partial charge is 0.160 e. The van der Waals surface area contributed by atoms with Crippen LogP contribution in [-0.2, 0) is 16.9 Å². The minimum Gasteiger partial charge on any atom is -0.390 e. The predicted octanol–water partition coefficient (Wildman–Crippen LogP) is 2.72. The van der Waals surface area contributed by atoms with E-state index in [4.69, 9.17) is 4.74 Å². The lowest BCUT2D eigenvalue weighted by atomic mass is 9.78. The number of aliphatic hydroxyl groups excluding tert-OH is 1. The van der Waals surface area contributed by atoms with Crippen molar-refractivity contribution < 1.29 is 9.84 Å². The highest BCUT2D eigenvalue weighted by Crippen LogP contribution is 2.41. The van der Waals surface area contributed by atoms with Gasteiger partial charge in [0.1, 0.15) is 5.60 Å². The Kier molecular flexibility index (Phi) is 4.53. The summed E-state index contributed by atoms with van der Waals surface area (Å²) in [6.07, 6.45) is 4.23. The summed E-state index contributed by atoms with van der Waals surface area (Å²) < 4.78 is 6.05. The standard InChI is InChI=1S/C15H24N2O2/c1-4-19-15(7-5-11(2)6-8-15)14-16-12(3)9-13(10-18)17-14/h9,11,18H,4-8,10H2,1-3H3. The van der Waals surface area contributed by atoms with E-state index in [9.17, 15) is 5.11 Å². The first-order valence-corrected chi connectivity index (χ1v) is 7.19. The maximum absolute atomic E-state index is 9.31. The monoisotopic (exact) mass is 264 g/mol. The van der Waals surface area contributed by atoms with E-state index in [1.54, 1.807) is 0 Å². The van der Waals surface area contributed by atoms with Gasteiger partial charge in [0, 0.05) is 12.3 Å². The summed E-state index contributed by atoms with van der Waals surface area (Å²) in [5.74, 6) is 1.50. The zero-order valence-corrected chi connectivity index (χ0v) is 12.1. The van der Waals surface area contributed by atoms with Crippen molar-refractivity contribution >= 4 is 0 Å². The van der Waals surface area contributed by atoms with Gasteiger partial charge in [0.05, 0.1) is 12.3 Å². The van der Waals surface area contributed by atoms with Gasteiger partial charge in [0.15, 0.2) is 5.82 Å². The molecule has 0 radical (unpaired) electrons. The summed E-state index contributed by atoms with van der Waals surface area (Å²) >= 11 is 0. The van der Waals surface area contributed by atoms with Crippen LogP contribution in [0.5, 0.6) is 0 Å². The summed E-state index contributed by atoms with van der Waals surface area (Å²) in [5, 5.41) is 9.31. The number of aliphatic hydroxyl groups is 1. The molecule has 0 amide bonds. The van der Waals surface area contributed by atoms with E-state index in [0.29, 0.717) is 12.3 Å². The molecule has 1 aromatic heterocycles. The van der Waals surface area contributed by atoms with Gasteiger partial charge < -0.3 is 9.84 Å². The predicted molar refractivity (Wildman–Crippen MR) is 73.6 cm³/mol. The molecule has 1 aromatic rings. The molecular weight excluding hydrogens is 240 g/mol. The van der Waals surface area contributed by atoms with E-state index < -0.39 is 0 Å². The molecule has 0 bridgehead atoms. The molecule has 2 rings (SSSR count). The lowest BCUT2D eigenvalue weighted by Gasteiger charge is -2.38. The fourth-order valence-electron chi connectivity index (χ4n) is 2.86. The van der Waals surface area contributed by atoms with Gasteiger partial charge >= 0.3 is 0 Å². The molecule has 4 nitrogen and oxygen atoms in total. The number of hydrogen-bond acceptors (Lipinski definition) is 4. The van der Waals surface area contributed by atoms with Crippen LogP contribution < -0.4 is 0 Å². The molecule has 0 unspecified atom stereocenters. The van der Waals surface area contributed by atoms with Gasteiger partial charge in [0.25, 0.3) is 0 Å². The number of aromatic nitrogens is 2. The van der Waals surface area contributed by atoms with Crippen LogP contribution in [0, 0.1) is 12.8 Å². The molecule has 0 aliphatic heterocycles. The zero-order valence-electron chi connectivity index (χ0n) is 12.1. The highest BCUT2D eigenvalue weighted by atomic mass is 16.5. The van der Waals surface area contributed by atoms with Crippen molar-refractivity contribution in [1.29, 1.82) is 0 Å². The molecule has 1 aliphatic rings. The Morgan fingerprint density at radius 3 is 2.63 bits per heavy atom. The molecule has 1 saturated carbocycles. The lowest BCUT2D eigenvalue weighted by molar-refractivity contribution is -0.0840. The second-order valence-corrected chi connectivity index (χ2v) is 5.59. The second-order valence-electron chi connectivity index (χ2n) is 5.59. The summed E-state index contributed by atoms with van der Waals surface area (Å²) in [4.78, 5) is 9.08. The Hall–Kier alpha value is -1.00. The van der Waals surface area contributed by atoms with Crippen LogP contribution in [-0.4, -0.2) is 21.7 Å². The molecule has 0 aromatic carbocycles. The van der Waals surface area contributed by atoms with E-state index in [1.165, 1.54) is 0 Å². The second kappa shape index (κ2) is 5.97. The first-order valence-electron chi connectivity index (χ1n) is 7.19. The van der Waals surface area contributed by atoms with Crippen LogP contribution in [0.1, 0.15) is 56.7 Å². The largest absolute Gasteiger partial charge is 0.390 e. The molecule has 4 heteroatoms. The fraction of sp³-hybridized carbons (Fsp3) is 0.733. The molecule has 1 N–H and O–H groups in total. The molecule has 0 saturated heterocycles. The van der Waals surface area contributed by atoms with Gasteiger partial charge in [-0.2, -0.15) is 0 Å². The topological polar surface area (TPSA) is 55.2 Å². The van der Waals surface area contributed by atoms with E-state index in [2.05, 4.69) is 16.9 Å². The average molecular weight is 264 g/mol. The van der Waals surface area contributed by atoms with E-state index in [1.807, 2.05) is 19.9 Å². The van der Waals surface area contributed by atoms with Crippen molar-refractivity contribution in [2.24, 2.45) is 5.92 Å². The normalized spacial score (nSPS) is 27.5. The van der Waals surface area contributed by atoms with Crippen LogP contribution in [0.4, 0.5) is 0 Å². The van der Waals surface area contributed by atoms with Crippen molar-refractivity contribution in [2.75, 3.05) is 6.61 Å². The Bertz CT molecular complexity index is 426. The Morgan fingerprint density at radius 2 is 2.05 bits per heavy atom. The number of hydrogen-bond donors (Lipinski definition) is 1. The fourth-order valence-corrected chi connectivity index (χ4v) is 2.86. The Balaban J connectivity index is 2.35. The van der Waals surface area contributed by atoms with Crippen molar-refractivity contribution in [2.45, 2.75) is 58.7 Å². The molecule has 1 fully saturated rings. The van der Waals surface area contributed by atoms with Crippen LogP contribution in [0.3, 0.4) is 0 Å². The first kappa shape index (κ1) is 14.4. The van der Waals surface area contributed by atoms with Crippen LogP contribution >= 0.6 is 0 Å². The van der Waals surface area contributed by atoms with Crippen molar-refractivity contribution in [3.8, 4) is 0 Å².